The van der Waals surface area contributed by atoms with E-state index in [1.165, 1.54) is 0 Å². The maximum Gasteiger partial charge on any atom is 0.416 e. The highest BCUT2D eigenvalue weighted by Crippen LogP contribution is 2.25. The van der Waals surface area contributed by atoms with Gasteiger partial charge in [0, 0.05) is 0 Å². The Hall–Kier alpha value is -1.89. The minimum atomic E-state index is -3.20. The van der Waals surface area contributed by atoms with E-state index in [0.29, 0.717) is 19.3 Å². The van der Waals surface area contributed by atoms with Crippen LogP contribution in [0.5, 0.6) is 0 Å². The molecule has 0 aromatic heterocycles. The number of hydrogen-bond acceptors (Lipinski definition) is 5. The molecular formula is C16H19NO5S. The first-order chi connectivity index (χ1) is 11.0. The van der Waals surface area contributed by atoms with Crippen LogP contribution in [0.2, 0.25) is 0 Å². The van der Waals surface area contributed by atoms with Gasteiger partial charge in [-0.25, -0.2) is 18.1 Å². The van der Waals surface area contributed by atoms with Crippen LogP contribution in [-0.4, -0.2) is 49.5 Å². The summed E-state index contributed by atoms with van der Waals surface area (Å²) in [4.78, 5) is 25.7. The molecule has 2 aliphatic heterocycles. The highest BCUT2D eigenvalue weighted by Gasteiger charge is 2.42. The van der Waals surface area contributed by atoms with Gasteiger partial charge in [-0.3, -0.25) is 4.79 Å². The third-order valence-corrected chi connectivity index (χ3v) is 6.15. The van der Waals surface area contributed by atoms with E-state index in [4.69, 9.17) is 4.74 Å². The van der Waals surface area contributed by atoms with Crippen LogP contribution in [0.25, 0.3) is 0 Å². The first kappa shape index (κ1) is 16.0. The molecule has 0 spiro atoms. The second-order valence-electron chi connectivity index (χ2n) is 6.08. The van der Waals surface area contributed by atoms with Crippen molar-refractivity contribution in [3.8, 4) is 0 Å². The fourth-order valence-corrected chi connectivity index (χ4v) is 4.88. The Balaban J connectivity index is 1.75. The second kappa shape index (κ2) is 6.31. The van der Waals surface area contributed by atoms with Crippen LogP contribution in [0.1, 0.15) is 18.4 Å². The van der Waals surface area contributed by atoms with Gasteiger partial charge < -0.3 is 4.74 Å². The zero-order valence-corrected chi connectivity index (χ0v) is 13.5. The average Bonchev–Trinajstić information content (AvgIpc) is 2.87. The first-order valence-electron chi connectivity index (χ1n) is 7.70. The third-order valence-electron chi connectivity index (χ3n) is 4.32. The van der Waals surface area contributed by atoms with E-state index in [2.05, 4.69) is 0 Å². The predicted octanol–water partition coefficient (Wildman–Crippen LogP) is 1.40. The van der Waals surface area contributed by atoms with E-state index in [1.807, 2.05) is 30.3 Å². The van der Waals surface area contributed by atoms with Crippen LogP contribution in [-0.2, 0) is 25.8 Å². The van der Waals surface area contributed by atoms with Crippen molar-refractivity contribution in [1.82, 2.24) is 4.90 Å². The van der Waals surface area contributed by atoms with Crippen LogP contribution < -0.4 is 0 Å². The van der Waals surface area contributed by atoms with E-state index in [1.54, 1.807) is 0 Å². The molecule has 2 aliphatic rings. The van der Waals surface area contributed by atoms with E-state index < -0.39 is 27.8 Å². The molecule has 0 N–H and O–H groups in total. The molecule has 0 saturated carbocycles. The lowest BCUT2D eigenvalue weighted by molar-refractivity contribution is -0.133. The molecule has 124 valence electrons. The molecule has 0 unspecified atom stereocenters. The molecule has 2 heterocycles. The van der Waals surface area contributed by atoms with E-state index in [0.717, 1.165) is 10.5 Å². The Morgan fingerprint density at radius 2 is 2.00 bits per heavy atom. The van der Waals surface area contributed by atoms with Gasteiger partial charge in [0.1, 0.15) is 6.61 Å². The number of benzene rings is 1. The summed E-state index contributed by atoms with van der Waals surface area (Å²) < 4.78 is 28.5. The molecule has 0 bridgehead atoms. The van der Waals surface area contributed by atoms with Gasteiger partial charge in [-0.05, 0) is 24.8 Å². The Kier molecular flexibility index (Phi) is 4.39. The van der Waals surface area contributed by atoms with Crippen molar-refractivity contribution in [2.75, 3.05) is 18.1 Å². The quantitative estimate of drug-likeness (QED) is 0.833. The molecular weight excluding hydrogens is 318 g/mol. The van der Waals surface area contributed by atoms with Crippen molar-refractivity contribution in [2.24, 2.45) is 5.92 Å². The number of amides is 2. The third kappa shape index (κ3) is 3.55. The second-order valence-corrected chi connectivity index (χ2v) is 8.31. The summed E-state index contributed by atoms with van der Waals surface area (Å²) in [5.74, 6) is -1.11. The molecule has 7 heteroatoms. The number of hydrogen-bond donors (Lipinski definition) is 0. The smallest absolute Gasteiger partial charge is 0.416 e. The molecule has 0 aliphatic carbocycles. The Morgan fingerprint density at radius 1 is 1.26 bits per heavy atom. The molecule has 2 atom stereocenters. The summed E-state index contributed by atoms with van der Waals surface area (Å²) in [6.07, 6.45) is 0.807. The van der Waals surface area contributed by atoms with Crippen molar-refractivity contribution < 1.29 is 22.7 Å². The van der Waals surface area contributed by atoms with Gasteiger partial charge in [0.15, 0.2) is 9.84 Å². The number of rotatable bonds is 3. The summed E-state index contributed by atoms with van der Waals surface area (Å²) in [5.41, 5.74) is 1.00. The maximum atomic E-state index is 12.7. The summed E-state index contributed by atoms with van der Waals surface area (Å²) in [6.45, 7) is 0.152. The zero-order valence-electron chi connectivity index (χ0n) is 12.7. The largest absolute Gasteiger partial charge is 0.447 e. The summed E-state index contributed by atoms with van der Waals surface area (Å²) in [6, 6.07) is 9.17. The van der Waals surface area contributed by atoms with Gasteiger partial charge in [0.25, 0.3) is 0 Å². The minimum Gasteiger partial charge on any atom is -0.447 e. The molecule has 2 fully saturated rings. The van der Waals surface area contributed by atoms with Gasteiger partial charge in [-0.2, -0.15) is 0 Å². The summed E-state index contributed by atoms with van der Waals surface area (Å²) in [5, 5.41) is 0. The van der Waals surface area contributed by atoms with E-state index in [9.17, 15) is 18.0 Å². The molecule has 1 aromatic rings. The number of imide groups is 1. The molecule has 1 aromatic carbocycles. The standard InChI is InChI=1S/C16H19NO5S/c18-15(13-7-4-8-23(20,21)11-13)17-14(10-22-16(17)19)9-12-5-2-1-3-6-12/h1-3,5-6,13-14H,4,7-11H2/t13-,14+/m0/s1. The number of sulfone groups is 1. The predicted molar refractivity (Wildman–Crippen MR) is 83.5 cm³/mol. The van der Waals surface area contributed by atoms with Crippen LogP contribution in [0, 0.1) is 5.92 Å². The number of nitrogens with zero attached hydrogens (tertiary/aromatic N) is 1. The lowest BCUT2D eigenvalue weighted by atomic mass is 10.0. The van der Waals surface area contributed by atoms with Crippen molar-refractivity contribution >= 4 is 21.8 Å². The molecule has 2 amide bonds. The molecule has 2 saturated heterocycles. The van der Waals surface area contributed by atoms with Gasteiger partial charge in [0.05, 0.1) is 23.5 Å². The highest BCUT2D eigenvalue weighted by molar-refractivity contribution is 7.91. The van der Waals surface area contributed by atoms with Crippen molar-refractivity contribution in [2.45, 2.75) is 25.3 Å². The fourth-order valence-electron chi connectivity index (χ4n) is 3.18. The number of carbonyl (C=O) groups excluding carboxylic acids is 2. The fraction of sp³-hybridized carbons (Fsp3) is 0.500. The molecule has 23 heavy (non-hydrogen) atoms. The van der Waals surface area contributed by atoms with Crippen LogP contribution in [0.4, 0.5) is 4.79 Å². The molecule has 0 radical (unpaired) electrons. The zero-order chi connectivity index (χ0) is 16.4. The monoisotopic (exact) mass is 337 g/mol. The van der Waals surface area contributed by atoms with Crippen LogP contribution in [0.15, 0.2) is 30.3 Å². The molecule has 6 nitrogen and oxygen atoms in total. The van der Waals surface area contributed by atoms with E-state index >= 15 is 0 Å². The van der Waals surface area contributed by atoms with Crippen LogP contribution in [0.3, 0.4) is 0 Å². The Morgan fingerprint density at radius 3 is 2.70 bits per heavy atom. The minimum absolute atomic E-state index is 0.120. The van der Waals surface area contributed by atoms with Crippen molar-refractivity contribution in [3.05, 3.63) is 35.9 Å². The number of cyclic esters (lactones) is 1. The molecule has 3 rings (SSSR count). The first-order valence-corrected chi connectivity index (χ1v) is 9.52. The maximum absolute atomic E-state index is 12.7. The summed E-state index contributed by atoms with van der Waals surface area (Å²) in [7, 11) is -3.20. The summed E-state index contributed by atoms with van der Waals surface area (Å²) >= 11 is 0. The van der Waals surface area contributed by atoms with Gasteiger partial charge in [-0.1, -0.05) is 30.3 Å². The Labute approximate surface area is 135 Å². The van der Waals surface area contributed by atoms with Gasteiger partial charge in [0.2, 0.25) is 5.91 Å². The lowest BCUT2D eigenvalue weighted by Crippen LogP contribution is -2.46. The number of ether oxygens (including phenoxy) is 1. The van der Waals surface area contributed by atoms with Gasteiger partial charge >= 0.3 is 6.09 Å². The normalized spacial score (nSPS) is 26.8. The topological polar surface area (TPSA) is 80.8 Å². The SMILES string of the molecule is O=C1OC[C@@H](Cc2ccccc2)N1C(=O)[C@H]1CCCS(=O)(=O)C1. The highest BCUT2D eigenvalue weighted by atomic mass is 32.2. The van der Waals surface area contributed by atoms with Gasteiger partial charge in [-0.15, -0.1) is 0 Å². The Bertz CT molecular complexity index is 700. The van der Waals surface area contributed by atoms with Crippen molar-refractivity contribution in [3.63, 3.8) is 0 Å². The van der Waals surface area contributed by atoms with E-state index in [-0.39, 0.29) is 24.2 Å². The number of carbonyl (C=O) groups is 2. The van der Waals surface area contributed by atoms with Crippen LogP contribution >= 0.6 is 0 Å². The lowest BCUT2D eigenvalue weighted by Gasteiger charge is -2.27. The van der Waals surface area contributed by atoms with Crippen molar-refractivity contribution in [1.29, 1.82) is 0 Å². The average molecular weight is 337 g/mol.